The number of aromatic nitrogens is 1. The van der Waals surface area contributed by atoms with Crippen LogP contribution in [-0.2, 0) is 9.84 Å². The second kappa shape index (κ2) is 6.19. The first-order valence-corrected chi connectivity index (χ1v) is 10.6. The molecule has 0 amide bonds. The minimum atomic E-state index is -3.37. The molecule has 1 aliphatic rings. The summed E-state index contributed by atoms with van der Waals surface area (Å²) in [6.07, 6.45) is 2.84. The molecule has 1 fully saturated rings. The molecule has 1 aliphatic heterocycles. The Morgan fingerprint density at radius 2 is 2.12 bits per heavy atom. The number of carbonyl (C=O) groups excluding carboxylic acids is 1. The molecule has 25 heavy (non-hydrogen) atoms. The fraction of sp³-hybridized carbons (Fsp3) is 0.412. The number of rotatable bonds is 4. The van der Waals surface area contributed by atoms with Gasteiger partial charge in [-0.2, -0.15) is 0 Å². The zero-order chi connectivity index (χ0) is 18.4. The summed E-state index contributed by atoms with van der Waals surface area (Å²) < 4.78 is 23.3. The van der Waals surface area contributed by atoms with Crippen LogP contribution in [0.2, 0.25) is 0 Å². The van der Waals surface area contributed by atoms with E-state index < -0.39 is 21.5 Å². The summed E-state index contributed by atoms with van der Waals surface area (Å²) in [6.45, 7) is 4.57. The zero-order valence-corrected chi connectivity index (χ0v) is 15.9. The first-order chi connectivity index (χ1) is 11.6. The minimum absolute atomic E-state index is 0.117. The molecule has 0 saturated carbocycles. The minimum Gasteiger partial charge on any atom is -0.391 e. The summed E-state index contributed by atoms with van der Waals surface area (Å²) in [6, 6.07) is 6.02. The van der Waals surface area contributed by atoms with Gasteiger partial charge in [0, 0.05) is 18.4 Å². The number of nitrogens with zero attached hydrogens (tertiary/aromatic N) is 2. The molecule has 2 aromatic rings. The van der Waals surface area contributed by atoms with Gasteiger partial charge in [0.25, 0.3) is 0 Å². The Morgan fingerprint density at radius 3 is 2.72 bits per heavy atom. The van der Waals surface area contributed by atoms with Crippen molar-refractivity contribution < 1.29 is 18.3 Å². The van der Waals surface area contributed by atoms with Crippen LogP contribution in [0.3, 0.4) is 0 Å². The highest BCUT2D eigenvalue weighted by Crippen LogP contribution is 2.36. The van der Waals surface area contributed by atoms with Crippen molar-refractivity contribution in [1.82, 2.24) is 4.98 Å². The van der Waals surface area contributed by atoms with Crippen LogP contribution >= 0.6 is 11.3 Å². The van der Waals surface area contributed by atoms with E-state index in [1.807, 2.05) is 18.7 Å². The molecule has 134 valence electrons. The van der Waals surface area contributed by atoms with E-state index in [2.05, 4.69) is 4.98 Å². The lowest BCUT2D eigenvalue weighted by Gasteiger charge is -2.33. The van der Waals surface area contributed by atoms with Gasteiger partial charge in [0.05, 0.1) is 27.6 Å². The number of sulfone groups is 1. The lowest BCUT2D eigenvalue weighted by molar-refractivity contribution is 0.104. The number of anilines is 1. The van der Waals surface area contributed by atoms with Crippen molar-refractivity contribution in [2.45, 2.75) is 36.8 Å². The molecule has 1 atom stereocenters. The van der Waals surface area contributed by atoms with E-state index in [1.54, 1.807) is 12.1 Å². The smallest absolute Gasteiger partial charge is 0.204 e. The van der Waals surface area contributed by atoms with Gasteiger partial charge < -0.3 is 10.0 Å². The standard InChI is InChI=1S/C17H20N2O4S2/c1-17(2)14(20)7-8-19(17)16-18-10-13(24-16)15(21)11-5-4-6-12(9-11)25(3,22)23/h4-6,9-10,14,20H,7-8H2,1-3H3/t14-/m0/s1. The van der Waals surface area contributed by atoms with Crippen molar-refractivity contribution in [3.63, 3.8) is 0 Å². The predicted molar refractivity (Wildman–Crippen MR) is 97.1 cm³/mol. The number of hydrogen-bond acceptors (Lipinski definition) is 7. The first-order valence-electron chi connectivity index (χ1n) is 7.87. The van der Waals surface area contributed by atoms with E-state index in [0.29, 0.717) is 28.5 Å². The van der Waals surface area contributed by atoms with Gasteiger partial charge in [0.1, 0.15) is 0 Å². The van der Waals surface area contributed by atoms with Crippen LogP contribution in [0.5, 0.6) is 0 Å². The van der Waals surface area contributed by atoms with E-state index in [-0.39, 0.29) is 10.7 Å². The van der Waals surface area contributed by atoms with Gasteiger partial charge in [0.15, 0.2) is 15.0 Å². The third kappa shape index (κ3) is 3.33. The average Bonchev–Trinajstić information content (AvgIpc) is 3.11. The van der Waals surface area contributed by atoms with Gasteiger partial charge in [-0.3, -0.25) is 4.79 Å². The van der Waals surface area contributed by atoms with E-state index >= 15 is 0 Å². The zero-order valence-electron chi connectivity index (χ0n) is 14.3. The Bertz CT molecular complexity index is 918. The van der Waals surface area contributed by atoms with Gasteiger partial charge in [-0.25, -0.2) is 13.4 Å². The maximum absolute atomic E-state index is 12.7. The van der Waals surface area contributed by atoms with Crippen molar-refractivity contribution in [3.8, 4) is 0 Å². The van der Waals surface area contributed by atoms with Gasteiger partial charge in [-0.05, 0) is 32.4 Å². The summed E-state index contributed by atoms with van der Waals surface area (Å²) in [4.78, 5) is 19.6. The van der Waals surface area contributed by atoms with Gasteiger partial charge in [0.2, 0.25) is 5.78 Å². The average molecular weight is 380 g/mol. The summed E-state index contributed by atoms with van der Waals surface area (Å²) in [5.74, 6) is -0.258. The van der Waals surface area contributed by atoms with E-state index in [0.717, 1.165) is 6.26 Å². The van der Waals surface area contributed by atoms with Crippen molar-refractivity contribution in [3.05, 3.63) is 40.9 Å². The molecule has 1 saturated heterocycles. The molecule has 0 radical (unpaired) electrons. The van der Waals surface area contributed by atoms with E-state index in [4.69, 9.17) is 0 Å². The third-order valence-electron chi connectivity index (χ3n) is 4.61. The van der Waals surface area contributed by atoms with E-state index in [9.17, 15) is 18.3 Å². The van der Waals surface area contributed by atoms with Gasteiger partial charge >= 0.3 is 0 Å². The maximum atomic E-state index is 12.7. The highest BCUT2D eigenvalue weighted by Gasteiger charge is 2.41. The van der Waals surface area contributed by atoms with Crippen molar-refractivity contribution in [2.75, 3.05) is 17.7 Å². The normalized spacial score (nSPS) is 20.0. The summed E-state index contributed by atoms with van der Waals surface area (Å²) in [5.41, 5.74) is -0.118. The summed E-state index contributed by atoms with van der Waals surface area (Å²) in [7, 11) is -3.37. The molecular weight excluding hydrogens is 360 g/mol. The molecule has 0 aliphatic carbocycles. The van der Waals surface area contributed by atoms with Gasteiger partial charge in [-0.15, -0.1) is 0 Å². The number of aliphatic hydroxyl groups is 1. The van der Waals surface area contributed by atoms with Crippen LogP contribution in [0.15, 0.2) is 35.4 Å². The Labute approximate surface area is 151 Å². The molecule has 0 spiro atoms. The van der Waals surface area contributed by atoms with Crippen LogP contribution in [0, 0.1) is 0 Å². The number of ketones is 1. The molecule has 0 unspecified atom stereocenters. The van der Waals surface area contributed by atoms with Crippen molar-refractivity contribution >= 4 is 32.1 Å². The molecule has 1 aromatic carbocycles. The van der Waals surface area contributed by atoms with E-state index in [1.165, 1.54) is 29.7 Å². The van der Waals surface area contributed by atoms with Crippen molar-refractivity contribution in [2.24, 2.45) is 0 Å². The number of benzene rings is 1. The van der Waals surface area contributed by atoms with Crippen LogP contribution < -0.4 is 4.90 Å². The number of hydrogen-bond donors (Lipinski definition) is 1. The maximum Gasteiger partial charge on any atom is 0.204 e. The van der Waals surface area contributed by atoms with Crippen LogP contribution in [0.1, 0.15) is 35.5 Å². The lowest BCUT2D eigenvalue weighted by atomic mass is 9.99. The highest BCUT2D eigenvalue weighted by atomic mass is 32.2. The van der Waals surface area contributed by atoms with Crippen molar-refractivity contribution in [1.29, 1.82) is 0 Å². The number of thiazole rings is 1. The largest absolute Gasteiger partial charge is 0.391 e. The SMILES string of the molecule is CC1(C)[C@@H](O)CCN1c1ncc(C(=O)c2cccc(S(C)(=O)=O)c2)s1. The Hall–Kier alpha value is -1.77. The quantitative estimate of drug-likeness (QED) is 0.818. The molecule has 0 bridgehead atoms. The third-order valence-corrected chi connectivity index (χ3v) is 6.74. The Morgan fingerprint density at radius 1 is 1.40 bits per heavy atom. The summed E-state index contributed by atoms with van der Waals surface area (Å²) in [5, 5.41) is 10.8. The first kappa shape index (κ1) is 18.0. The molecule has 2 heterocycles. The second-order valence-corrected chi connectivity index (χ2v) is 9.77. The Balaban J connectivity index is 1.89. The number of aliphatic hydroxyl groups excluding tert-OH is 1. The highest BCUT2D eigenvalue weighted by molar-refractivity contribution is 7.90. The molecular formula is C17H20N2O4S2. The Kier molecular flexibility index (Phi) is 4.47. The summed E-state index contributed by atoms with van der Waals surface area (Å²) >= 11 is 1.26. The van der Waals surface area contributed by atoms with Crippen LogP contribution in [-0.4, -0.2) is 48.7 Å². The van der Waals surface area contributed by atoms with Crippen LogP contribution in [0.25, 0.3) is 0 Å². The van der Waals surface area contributed by atoms with Crippen LogP contribution in [0.4, 0.5) is 5.13 Å². The number of carbonyl (C=O) groups is 1. The molecule has 3 rings (SSSR count). The predicted octanol–water partition coefficient (Wildman–Crippen LogP) is 2.13. The molecule has 1 aromatic heterocycles. The fourth-order valence-corrected chi connectivity index (χ4v) is 4.64. The topological polar surface area (TPSA) is 87.6 Å². The van der Waals surface area contributed by atoms with Gasteiger partial charge in [-0.1, -0.05) is 23.5 Å². The molecule has 1 N–H and O–H groups in total. The fourth-order valence-electron chi connectivity index (χ4n) is 2.92. The molecule has 6 nitrogen and oxygen atoms in total. The second-order valence-electron chi connectivity index (χ2n) is 6.75. The monoisotopic (exact) mass is 380 g/mol. The lowest BCUT2D eigenvalue weighted by Crippen LogP contribution is -2.45. The molecule has 8 heteroatoms.